The zero-order valence-electron chi connectivity index (χ0n) is 10.5. The maximum absolute atomic E-state index is 13.6. The summed E-state index contributed by atoms with van der Waals surface area (Å²) in [6.07, 6.45) is -1.06. The lowest BCUT2D eigenvalue weighted by Crippen LogP contribution is -2.43. The van der Waals surface area contributed by atoms with Gasteiger partial charge in [-0.25, -0.2) is 18.4 Å². The van der Waals surface area contributed by atoms with Gasteiger partial charge in [-0.05, 0) is 22.0 Å². The summed E-state index contributed by atoms with van der Waals surface area (Å²) in [7, 11) is 0. The minimum Gasteiger partial charge on any atom is -0.480 e. The van der Waals surface area contributed by atoms with E-state index in [0.717, 1.165) is 11.0 Å². The number of hydrogen-bond acceptors (Lipinski definition) is 3. The highest BCUT2D eigenvalue weighted by atomic mass is 79.9. The number of carbonyl (C=O) groups excluding carboxylic acids is 1. The molecule has 9 heteroatoms. The van der Waals surface area contributed by atoms with Crippen LogP contribution in [0.3, 0.4) is 0 Å². The molecular weight excluding hydrogens is 354 g/mol. The second kappa shape index (κ2) is 5.94. The van der Waals surface area contributed by atoms with Crippen molar-refractivity contribution in [2.45, 2.75) is 18.6 Å². The molecule has 21 heavy (non-hydrogen) atoms. The van der Waals surface area contributed by atoms with Crippen LogP contribution in [0.1, 0.15) is 6.42 Å². The molecule has 0 radical (unpaired) electrons. The van der Waals surface area contributed by atoms with Crippen LogP contribution in [0.5, 0.6) is 0 Å². The number of β-amino-alcohol motifs (C(OH)–C–C–N with tert-alkyl or cyclic N) is 1. The Bertz CT molecular complexity index is 576. The van der Waals surface area contributed by atoms with Crippen LogP contribution in [0.2, 0.25) is 0 Å². The fourth-order valence-electron chi connectivity index (χ4n) is 2.11. The highest BCUT2D eigenvalue weighted by Gasteiger charge is 2.39. The minimum atomic E-state index is -1.26. The molecule has 1 fully saturated rings. The van der Waals surface area contributed by atoms with Crippen molar-refractivity contribution in [3.8, 4) is 0 Å². The summed E-state index contributed by atoms with van der Waals surface area (Å²) in [5, 5.41) is 20.6. The third-order valence-electron chi connectivity index (χ3n) is 3.06. The molecule has 3 N–H and O–H groups in total. The van der Waals surface area contributed by atoms with Crippen molar-refractivity contribution in [1.29, 1.82) is 0 Å². The second-order valence-electron chi connectivity index (χ2n) is 4.57. The largest absolute Gasteiger partial charge is 0.480 e. The summed E-state index contributed by atoms with van der Waals surface area (Å²) >= 11 is 2.91. The zero-order valence-corrected chi connectivity index (χ0v) is 12.1. The van der Waals surface area contributed by atoms with Gasteiger partial charge in [0.1, 0.15) is 11.9 Å². The maximum atomic E-state index is 13.6. The molecule has 1 aliphatic rings. The lowest BCUT2D eigenvalue weighted by molar-refractivity contribution is -0.141. The van der Waals surface area contributed by atoms with Crippen molar-refractivity contribution < 1.29 is 28.6 Å². The first-order valence-electron chi connectivity index (χ1n) is 5.92. The number of anilines is 1. The molecule has 6 nitrogen and oxygen atoms in total. The number of nitrogens with one attached hydrogen (secondary N) is 1. The molecule has 0 saturated carbocycles. The van der Waals surface area contributed by atoms with Crippen LogP contribution >= 0.6 is 15.9 Å². The highest BCUT2D eigenvalue weighted by Crippen LogP contribution is 2.28. The summed E-state index contributed by atoms with van der Waals surface area (Å²) in [6.45, 7) is -0.177. The number of aliphatic hydroxyl groups excluding tert-OH is 1. The molecule has 1 aromatic carbocycles. The van der Waals surface area contributed by atoms with E-state index in [1.165, 1.54) is 0 Å². The van der Waals surface area contributed by atoms with E-state index in [2.05, 4.69) is 21.2 Å². The van der Waals surface area contributed by atoms with Gasteiger partial charge in [-0.3, -0.25) is 0 Å². The molecule has 2 rings (SSSR count). The Morgan fingerprint density at radius 3 is 2.62 bits per heavy atom. The van der Waals surface area contributed by atoms with Crippen LogP contribution in [0.15, 0.2) is 16.6 Å². The molecule has 0 aliphatic carbocycles. The van der Waals surface area contributed by atoms with Crippen LogP contribution in [0.25, 0.3) is 0 Å². The Morgan fingerprint density at radius 2 is 2.05 bits per heavy atom. The van der Waals surface area contributed by atoms with E-state index in [9.17, 15) is 23.5 Å². The SMILES string of the molecule is O=C(O)C1CC(O)CN1C(=O)Nc1c(F)cc(F)cc1Br. The zero-order chi connectivity index (χ0) is 15.7. The Kier molecular flexibility index (Phi) is 4.43. The number of halogens is 3. The molecule has 2 amide bonds. The monoisotopic (exact) mass is 364 g/mol. The first kappa shape index (κ1) is 15.6. The molecular formula is C12H11BrF2N2O4. The number of aliphatic carboxylic acids is 1. The molecule has 1 aromatic rings. The van der Waals surface area contributed by atoms with Gasteiger partial charge in [0, 0.05) is 23.5 Å². The number of benzene rings is 1. The molecule has 2 unspecified atom stereocenters. The van der Waals surface area contributed by atoms with E-state index < -0.39 is 35.8 Å². The topological polar surface area (TPSA) is 89.9 Å². The van der Waals surface area contributed by atoms with Gasteiger partial charge in [-0.15, -0.1) is 0 Å². The number of hydrogen-bond donors (Lipinski definition) is 3. The first-order chi connectivity index (χ1) is 9.79. The average molecular weight is 365 g/mol. The molecule has 0 aromatic heterocycles. The van der Waals surface area contributed by atoms with E-state index in [4.69, 9.17) is 5.11 Å². The van der Waals surface area contributed by atoms with Crippen molar-refractivity contribution in [3.63, 3.8) is 0 Å². The summed E-state index contributed by atoms with van der Waals surface area (Å²) in [5.41, 5.74) is -0.299. The smallest absolute Gasteiger partial charge is 0.326 e. The standard InChI is InChI=1S/C12H11BrF2N2O4/c13-7-1-5(14)2-8(15)10(7)16-12(21)17-4-6(18)3-9(17)11(19)20/h1-2,6,9,18H,3-4H2,(H,16,21)(H,19,20). The van der Waals surface area contributed by atoms with E-state index in [1.54, 1.807) is 0 Å². The Morgan fingerprint density at radius 1 is 1.38 bits per heavy atom. The van der Waals surface area contributed by atoms with Gasteiger partial charge < -0.3 is 20.4 Å². The first-order valence-corrected chi connectivity index (χ1v) is 6.72. The van der Waals surface area contributed by atoms with Gasteiger partial charge in [-0.2, -0.15) is 0 Å². The van der Waals surface area contributed by atoms with E-state index in [0.29, 0.717) is 6.07 Å². The Balaban J connectivity index is 2.20. The second-order valence-corrected chi connectivity index (χ2v) is 5.42. The number of rotatable bonds is 2. The third-order valence-corrected chi connectivity index (χ3v) is 3.69. The molecule has 1 saturated heterocycles. The number of amides is 2. The fourth-order valence-corrected chi connectivity index (χ4v) is 2.62. The molecule has 114 valence electrons. The van der Waals surface area contributed by atoms with Crippen molar-refractivity contribution in [2.75, 3.05) is 11.9 Å². The lowest BCUT2D eigenvalue weighted by atomic mass is 10.2. The van der Waals surface area contributed by atoms with Gasteiger partial charge in [0.15, 0.2) is 5.82 Å². The van der Waals surface area contributed by atoms with Gasteiger partial charge in [0.2, 0.25) is 0 Å². The third kappa shape index (κ3) is 3.30. The number of carbonyl (C=O) groups is 2. The number of aliphatic hydroxyl groups is 1. The summed E-state index contributed by atoms with van der Waals surface area (Å²) in [4.78, 5) is 23.9. The number of urea groups is 1. The number of likely N-dealkylation sites (tertiary alicyclic amines) is 1. The highest BCUT2D eigenvalue weighted by molar-refractivity contribution is 9.10. The quantitative estimate of drug-likeness (QED) is 0.746. The predicted octanol–water partition coefficient (Wildman–Crippen LogP) is 1.78. The summed E-state index contributed by atoms with van der Waals surface area (Å²) in [5.74, 6) is -3.08. The van der Waals surface area contributed by atoms with Crippen molar-refractivity contribution in [3.05, 3.63) is 28.2 Å². The van der Waals surface area contributed by atoms with E-state index >= 15 is 0 Å². The van der Waals surface area contributed by atoms with Crippen LogP contribution < -0.4 is 5.32 Å². The predicted molar refractivity (Wildman–Crippen MR) is 71.8 cm³/mol. The molecule has 2 atom stereocenters. The summed E-state index contributed by atoms with van der Waals surface area (Å²) in [6, 6.07) is -0.521. The maximum Gasteiger partial charge on any atom is 0.326 e. The van der Waals surface area contributed by atoms with Crippen molar-refractivity contribution in [2.24, 2.45) is 0 Å². The Hall–Kier alpha value is -1.74. The van der Waals surface area contributed by atoms with Crippen molar-refractivity contribution >= 4 is 33.6 Å². The lowest BCUT2D eigenvalue weighted by Gasteiger charge is -2.22. The average Bonchev–Trinajstić information content (AvgIpc) is 2.76. The molecule has 0 spiro atoms. The van der Waals surface area contributed by atoms with Crippen molar-refractivity contribution in [1.82, 2.24) is 4.90 Å². The van der Waals surface area contributed by atoms with Gasteiger partial charge in [0.25, 0.3) is 0 Å². The Labute approximate surface area is 126 Å². The van der Waals surface area contributed by atoms with Gasteiger partial charge in [0.05, 0.1) is 11.8 Å². The number of carboxylic acids is 1. The fraction of sp³-hybridized carbons (Fsp3) is 0.333. The number of nitrogens with zero attached hydrogens (tertiary/aromatic N) is 1. The van der Waals surface area contributed by atoms with Crippen LogP contribution in [-0.2, 0) is 4.79 Å². The van der Waals surface area contributed by atoms with Gasteiger partial charge >= 0.3 is 12.0 Å². The van der Waals surface area contributed by atoms with E-state index in [1.807, 2.05) is 0 Å². The molecule has 1 aliphatic heterocycles. The summed E-state index contributed by atoms with van der Waals surface area (Å²) < 4.78 is 26.6. The van der Waals surface area contributed by atoms with Crippen LogP contribution in [0, 0.1) is 11.6 Å². The van der Waals surface area contributed by atoms with Crippen LogP contribution in [-0.4, -0.2) is 45.8 Å². The van der Waals surface area contributed by atoms with Crippen LogP contribution in [0.4, 0.5) is 19.3 Å². The minimum absolute atomic E-state index is 0.0139. The normalized spacial score (nSPS) is 21.4. The van der Waals surface area contributed by atoms with E-state index in [-0.39, 0.29) is 23.1 Å². The van der Waals surface area contributed by atoms with Gasteiger partial charge in [-0.1, -0.05) is 0 Å². The molecule has 0 bridgehead atoms. The molecule has 1 heterocycles. The number of carboxylic acid groups (broad SMARTS) is 1.